The Kier molecular flexibility index (Phi) is 7.52. The van der Waals surface area contributed by atoms with Gasteiger partial charge in [0, 0.05) is 24.0 Å². The number of nitrogens with one attached hydrogen (secondary N) is 1. The fourth-order valence-electron chi connectivity index (χ4n) is 3.97. The van der Waals surface area contributed by atoms with Crippen LogP contribution in [0.3, 0.4) is 0 Å². The number of rotatable bonds is 10. The summed E-state index contributed by atoms with van der Waals surface area (Å²) in [5.74, 6) is 0.420. The maximum absolute atomic E-state index is 12.8. The Morgan fingerprint density at radius 1 is 1.21 bits per heavy atom. The lowest BCUT2D eigenvalue weighted by Crippen LogP contribution is -2.37. The third kappa shape index (κ3) is 6.72. The Bertz CT molecular complexity index is 1390. The second-order valence-corrected chi connectivity index (χ2v) is 9.55. The van der Waals surface area contributed by atoms with E-state index >= 15 is 0 Å². The molecular weight excluding hydrogens is 541 g/mol. The van der Waals surface area contributed by atoms with Gasteiger partial charge in [-0.2, -0.15) is 13.2 Å². The van der Waals surface area contributed by atoms with Gasteiger partial charge in [-0.3, -0.25) is 4.68 Å². The van der Waals surface area contributed by atoms with Gasteiger partial charge < -0.3 is 20.5 Å². The molecule has 1 aliphatic rings. The third-order valence-corrected chi connectivity index (χ3v) is 6.23. The first kappa shape index (κ1) is 26.6. The number of benzene rings is 1. The van der Waals surface area contributed by atoms with Crippen LogP contribution < -0.4 is 20.5 Å². The van der Waals surface area contributed by atoms with Crippen LogP contribution in [-0.2, 0) is 6.54 Å². The van der Waals surface area contributed by atoms with Crippen molar-refractivity contribution in [2.75, 3.05) is 11.9 Å². The maximum atomic E-state index is 12.8. The minimum atomic E-state index is -4.51. The van der Waals surface area contributed by atoms with Crippen molar-refractivity contribution >= 4 is 23.2 Å². The summed E-state index contributed by atoms with van der Waals surface area (Å²) in [4.78, 5) is 8.61. The Hall–Kier alpha value is -3.98. The number of aromatic nitrogens is 8. The van der Waals surface area contributed by atoms with E-state index in [9.17, 15) is 13.2 Å². The van der Waals surface area contributed by atoms with Crippen molar-refractivity contribution in [2.24, 2.45) is 5.73 Å². The fourth-order valence-corrected chi connectivity index (χ4v) is 4.13. The first-order chi connectivity index (χ1) is 18.6. The van der Waals surface area contributed by atoms with Crippen LogP contribution in [0.15, 0.2) is 43.1 Å². The number of halogens is 4. The van der Waals surface area contributed by atoms with Gasteiger partial charge in [0.25, 0.3) is 5.88 Å². The van der Waals surface area contributed by atoms with Gasteiger partial charge in [0.1, 0.15) is 23.9 Å². The average Bonchev–Trinajstić information content (AvgIpc) is 3.52. The zero-order valence-electron chi connectivity index (χ0n) is 20.6. The third-order valence-electron chi connectivity index (χ3n) is 5.92. The summed E-state index contributed by atoms with van der Waals surface area (Å²) in [7, 11) is 0. The molecule has 5 rings (SSSR count). The summed E-state index contributed by atoms with van der Waals surface area (Å²) in [5.41, 5.74) is 7.47. The first-order valence-electron chi connectivity index (χ1n) is 11.9. The van der Waals surface area contributed by atoms with E-state index in [4.69, 9.17) is 26.8 Å². The van der Waals surface area contributed by atoms with E-state index in [2.05, 4.69) is 35.9 Å². The number of ether oxygens (including phenoxy) is 2. The molecule has 1 fully saturated rings. The molecule has 3 heterocycles. The van der Waals surface area contributed by atoms with Gasteiger partial charge in [0.05, 0.1) is 23.8 Å². The molecule has 0 radical (unpaired) electrons. The van der Waals surface area contributed by atoms with E-state index in [1.165, 1.54) is 6.33 Å². The Labute approximate surface area is 225 Å². The predicted octanol–water partition coefficient (Wildman–Crippen LogP) is 3.79. The van der Waals surface area contributed by atoms with Crippen LogP contribution in [-0.4, -0.2) is 64.9 Å². The Morgan fingerprint density at radius 3 is 2.64 bits per heavy atom. The monoisotopic (exact) mass is 564 g/mol. The molecule has 0 amide bonds. The molecule has 206 valence electrons. The minimum Gasteiger partial charge on any atom is -0.487 e. The lowest BCUT2D eigenvalue weighted by Gasteiger charge is -2.32. The molecule has 16 heteroatoms. The van der Waals surface area contributed by atoms with Crippen LogP contribution in [0, 0.1) is 0 Å². The zero-order chi connectivity index (χ0) is 27.6. The van der Waals surface area contributed by atoms with Gasteiger partial charge >= 0.3 is 6.18 Å². The fraction of sp³-hybridized carbons (Fsp3) is 0.391. The number of nitrogens with zero attached hydrogens (tertiary/aromatic N) is 8. The summed E-state index contributed by atoms with van der Waals surface area (Å²) in [6.07, 6.45) is 2.77. The average molecular weight is 565 g/mol. The number of tetrazole rings is 1. The van der Waals surface area contributed by atoms with Crippen molar-refractivity contribution in [2.45, 2.75) is 50.7 Å². The van der Waals surface area contributed by atoms with Gasteiger partial charge in [-0.1, -0.05) is 17.7 Å². The second-order valence-electron chi connectivity index (χ2n) is 9.14. The number of alkyl halides is 3. The maximum Gasteiger partial charge on any atom is 0.422 e. The lowest BCUT2D eigenvalue weighted by molar-refractivity contribution is -0.154. The Morgan fingerprint density at radius 2 is 1.97 bits per heavy atom. The second kappa shape index (κ2) is 11.0. The van der Waals surface area contributed by atoms with Gasteiger partial charge in [-0.05, 0) is 47.9 Å². The topological polar surface area (TPSA) is 144 Å². The van der Waals surface area contributed by atoms with Gasteiger partial charge in [-0.25, -0.2) is 14.6 Å². The Balaban J connectivity index is 1.29. The van der Waals surface area contributed by atoms with Gasteiger partial charge in [0.15, 0.2) is 6.61 Å². The van der Waals surface area contributed by atoms with Crippen LogP contribution in [0.4, 0.5) is 24.8 Å². The molecule has 1 saturated carbocycles. The van der Waals surface area contributed by atoms with Crippen LogP contribution >= 0.6 is 11.6 Å². The SMILES string of the molecule is C[C@@H](Cn1cnnn1)Oc1cc(-c2cnc(Nc3cn(C4CC(N)C4)nc3OCC(F)(F)F)nc2)ccc1Cl. The standard InChI is InChI=1S/C23H24ClF3N10O2/c1-13(9-36-12-31-34-35-36)39-20-4-14(2-3-18(20)24)15-7-29-22(30-8-15)32-19-10-37(17-5-16(28)6-17)33-21(19)38-11-23(25,26)27/h2-4,7-8,10,12-13,16-17H,5-6,9,11,28H2,1H3,(H,29,30,32)/t13-,16?,17?/m0/s1. The minimum absolute atomic E-state index is 0.0102. The molecule has 4 aromatic rings. The molecule has 0 bridgehead atoms. The molecule has 3 aromatic heterocycles. The number of hydrogen-bond donors (Lipinski definition) is 2. The predicted molar refractivity (Wildman–Crippen MR) is 134 cm³/mol. The molecule has 3 N–H and O–H groups in total. The normalized spacial score (nSPS) is 17.9. The van der Waals surface area contributed by atoms with Crippen molar-refractivity contribution in [1.29, 1.82) is 0 Å². The molecule has 39 heavy (non-hydrogen) atoms. The van der Waals surface area contributed by atoms with E-state index in [1.54, 1.807) is 46.2 Å². The number of hydrogen-bond acceptors (Lipinski definition) is 10. The van der Waals surface area contributed by atoms with Gasteiger partial charge in [-0.15, -0.1) is 10.2 Å². The molecule has 0 spiro atoms. The largest absolute Gasteiger partial charge is 0.487 e. The summed E-state index contributed by atoms with van der Waals surface area (Å²) < 4.78 is 52.3. The van der Waals surface area contributed by atoms with Crippen molar-refractivity contribution in [1.82, 2.24) is 40.0 Å². The zero-order valence-corrected chi connectivity index (χ0v) is 21.3. The van der Waals surface area contributed by atoms with E-state index in [-0.39, 0.29) is 35.7 Å². The van der Waals surface area contributed by atoms with Crippen molar-refractivity contribution < 1.29 is 22.6 Å². The summed E-state index contributed by atoms with van der Waals surface area (Å²) in [5, 5.41) is 18.5. The molecule has 0 saturated heterocycles. The van der Waals surface area contributed by atoms with E-state index in [0.29, 0.717) is 35.7 Å². The molecule has 1 aliphatic carbocycles. The van der Waals surface area contributed by atoms with Crippen LogP contribution in [0.25, 0.3) is 11.1 Å². The van der Waals surface area contributed by atoms with Crippen LogP contribution in [0.2, 0.25) is 5.02 Å². The van der Waals surface area contributed by atoms with Crippen molar-refractivity contribution in [3.05, 3.63) is 48.1 Å². The smallest absolute Gasteiger partial charge is 0.422 e. The van der Waals surface area contributed by atoms with E-state index in [0.717, 1.165) is 5.56 Å². The molecule has 0 aliphatic heterocycles. The molecule has 1 aromatic carbocycles. The molecular formula is C23H24ClF3N10O2. The van der Waals surface area contributed by atoms with E-state index in [1.807, 2.05) is 6.92 Å². The quantitative estimate of drug-likeness (QED) is 0.292. The summed E-state index contributed by atoms with van der Waals surface area (Å²) in [6.45, 7) is 0.816. The lowest BCUT2D eigenvalue weighted by atomic mass is 9.88. The summed E-state index contributed by atoms with van der Waals surface area (Å²) in [6, 6.07) is 5.29. The number of anilines is 2. The van der Waals surface area contributed by atoms with Crippen molar-refractivity contribution in [3.8, 4) is 22.8 Å². The molecule has 12 nitrogen and oxygen atoms in total. The molecule has 1 atom stereocenters. The molecule has 0 unspecified atom stereocenters. The van der Waals surface area contributed by atoms with Crippen LogP contribution in [0.1, 0.15) is 25.8 Å². The first-order valence-corrected chi connectivity index (χ1v) is 12.3. The highest BCUT2D eigenvalue weighted by molar-refractivity contribution is 6.32. The highest BCUT2D eigenvalue weighted by Gasteiger charge is 2.32. The van der Waals surface area contributed by atoms with Gasteiger partial charge in [0.2, 0.25) is 5.95 Å². The number of nitrogens with two attached hydrogens (primary N) is 1. The van der Waals surface area contributed by atoms with E-state index < -0.39 is 12.8 Å². The van der Waals surface area contributed by atoms with Crippen LogP contribution in [0.5, 0.6) is 11.6 Å². The highest BCUT2D eigenvalue weighted by atomic mass is 35.5. The van der Waals surface area contributed by atoms with Crippen molar-refractivity contribution in [3.63, 3.8) is 0 Å². The highest BCUT2D eigenvalue weighted by Crippen LogP contribution is 2.35. The summed E-state index contributed by atoms with van der Waals surface area (Å²) >= 11 is 6.33.